The quantitative estimate of drug-likeness (QED) is 0.529. The molecule has 1 aliphatic rings. The van der Waals surface area contributed by atoms with Crippen LogP contribution in [-0.2, 0) is 4.74 Å². The standard InChI is InChI=1S/C16H12N2O4/c17-13-8-4-3-7-12(13)16(21)22-9-18-14(19)10-5-1-2-6-11(10)15(18)20/h1-8H,9,17H2. The molecule has 0 bridgehead atoms. The molecular weight excluding hydrogens is 284 g/mol. The number of nitrogens with zero attached hydrogens (tertiary/aromatic N) is 1. The third kappa shape index (κ3) is 2.20. The minimum atomic E-state index is -0.686. The molecule has 6 heteroatoms. The molecule has 0 aromatic heterocycles. The van der Waals surface area contributed by atoms with Crippen molar-refractivity contribution in [2.45, 2.75) is 0 Å². The average Bonchev–Trinajstić information content (AvgIpc) is 2.77. The number of hydrogen-bond donors (Lipinski definition) is 1. The van der Waals surface area contributed by atoms with Crippen LogP contribution in [0.2, 0.25) is 0 Å². The molecule has 0 aliphatic carbocycles. The van der Waals surface area contributed by atoms with Crippen LogP contribution in [0.4, 0.5) is 5.69 Å². The van der Waals surface area contributed by atoms with Gasteiger partial charge in [0, 0.05) is 5.69 Å². The summed E-state index contributed by atoms with van der Waals surface area (Å²) in [5.74, 6) is -1.64. The highest BCUT2D eigenvalue weighted by atomic mass is 16.5. The Hall–Kier alpha value is -3.15. The lowest BCUT2D eigenvalue weighted by molar-refractivity contribution is 0.0229. The molecule has 3 rings (SSSR count). The highest BCUT2D eigenvalue weighted by Gasteiger charge is 2.35. The number of nitrogens with two attached hydrogens (primary N) is 1. The maximum atomic E-state index is 12.1. The van der Waals surface area contributed by atoms with E-state index in [9.17, 15) is 14.4 Å². The Morgan fingerprint density at radius 1 is 0.955 bits per heavy atom. The SMILES string of the molecule is Nc1ccccc1C(=O)OCN1C(=O)c2ccccc2C1=O. The number of anilines is 1. The van der Waals surface area contributed by atoms with Crippen molar-refractivity contribution in [1.29, 1.82) is 0 Å². The van der Waals surface area contributed by atoms with Gasteiger partial charge in [-0.15, -0.1) is 0 Å². The summed E-state index contributed by atoms with van der Waals surface area (Å²) in [7, 11) is 0. The molecule has 0 atom stereocenters. The molecule has 2 N–H and O–H groups in total. The normalized spacial score (nSPS) is 13.2. The minimum Gasteiger partial charge on any atom is -0.440 e. The molecule has 6 nitrogen and oxygen atoms in total. The predicted molar refractivity (Wildman–Crippen MR) is 78.1 cm³/mol. The molecule has 1 heterocycles. The van der Waals surface area contributed by atoms with Gasteiger partial charge in [-0.2, -0.15) is 0 Å². The first-order valence-electron chi connectivity index (χ1n) is 6.56. The van der Waals surface area contributed by atoms with Crippen molar-refractivity contribution >= 4 is 23.5 Å². The summed E-state index contributed by atoms with van der Waals surface area (Å²) in [5, 5.41) is 0. The fourth-order valence-electron chi connectivity index (χ4n) is 2.24. The third-order valence-corrected chi connectivity index (χ3v) is 3.38. The molecule has 110 valence electrons. The van der Waals surface area contributed by atoms with Crippen molar-refractivity contribution in [2.24, 2.45) is 0 Å². The van der Waals surface area contributed by atoms with E-state index < -0.39 is 24.5 Å². The third-order valence-electron chi connectivity index (χ3n) is 3.38. The van der Waals surface area contributed by atoms with Gasteiger partial charge in [0.05, 0.1) is 16.7 Å². The molecule has 2 aromatic carbocycles. The largest absolute Gasteiger partial charge is 0.440 e. The Balaban J connectivity index is 1.73. The van der Waals surface area contributed by atoms with E-state index in [1.165, 1.54) is 6.07 Å². The number of carbonyl (C=O) groups excluding carboxylic acids is 3. The van der Waals surface area contributed by atoms with Gasteiger partial charge in [0.1, 0.15) is 0 Å². The van der Waals surface area contributed by atoms with Gasteiger partial charge in [0.25, 0.3) is 11.8 Å². The first kappa shape index (κ1) is 13.8. The second kappa shape index (κ2) is 5.33. The zero-order valence-electron chi connectivity index (χ0n) is 11.5. The number of esters is 1. The Morgan fingerprint density at radius 2 is 1.50 bits per heavy atom. The lowest BCUT2D eigenvalue weighted by Gasteiger charge is -2.14. The molecule has 0 fully saturated rings. The van der Waals surface area contributed by atoms with Crippen LogP contribution in [0.25, 0.3) is 0 Å². The zero-order chi connectivity index (χ0) is 15.7. The lowest BCUT2D eigenvalue weighted by Crippen LogP contribution is -2.33. The van der Waals surface area contributed by atoms with Crippen molar-refractivity contribution in [3.63, 3.8) is 0 Å². The molecule has 0 saturated heterocycles. The zero-order valence-corrected chi connectivity index (χ0v) is 11.5. The smallest absolute Gasteiger partial charge is 0.341 e. The monoisotopic (exact) mass is 296 g/mol. The number of hydrogen-bond acceptors (Lipinski definition) is 5. The van der Waals surface area contributed by atoms with Crippen LogP contribution in [0.3, 0.4) is 0 Å². The fraction of sp³-hybridized carbons (Fsp3) is 0.0625. The number of benzene rings is 2. The summed E-state index contributed by atoms with van der Waals surface area (Å²) in [6, 6.07) is 12.9. The van der Waals surface area contributed by atoms with Gasteiger partial charge < -0.3 is 10.5 Å². The van der Waals surface area contributed by atoms with E-state index in [-0.39, 0.29) is 11.3 Å². The summed E-state index contributed by atoms with van der Waals surface area (Å²) in [6.45, 7) is -0.445. The second-order valence-corrected chi connectivity index (χ2v) is 4.73. The predicted octanol–water partition coefficient (Wildman–Crippen LogP) is 1.68. The summed E-state index contributed by atoms with van der Waals surface area (Å²) >= 11 is 0. The molecule has 0 saturated carbocycles. The number of nitrogen functional groups attached to an aromatic ring is 1. The first-order valence-corrected chi connectivity index (χ1v) is 6.56. The molecule has 2 amide bonds. The summed E-state index contributed by atoms with van der Waals surface area (Å²) in [4.78, 5) is 37.1. The number of carbonyl (C=O) groups is 3. The molecular formula is C16H12N2O4. The van der Waals surface area contributed by atoms with Gasteiger partial charge in [-0.05, 0) is 24.3 Å². The van der Waals surface area contributed by atoms with Crippen molar-refractivity contribution in [2.75, 3.05) is 12.5 Å². The Kier molecular flexibility index (Phi) is 3.34. The first-order chi connectivity index (χ1) is 10.6. The average molecular weight is 296 g/mol. The lowest BCUT2D eigenvalue weighted by atomic mass is 10.1. The van der Waals surface area contributed by atoms with Crippen LogP contribution < -0.4 is 5.73 Å². The maximum Gasteiger partial charge on any atom is 0.341 e. The maximum absolute atomic E-state index is 12.1. The Morgan fingerprint density at radius 3 is 2.09 bits per heavy atom. The van der Waals surface area contributed by atoms with Gasteiger partial charge in [-0.3, -0.25) is 9.59 Å². The van der Waals surface area contributed by atoms with Crippen molar-refractivity contribution in [1.82, 2.24) is 4.90 Å². The molecule has 2 aromatic rings. The number of fused-ring (bicyclic) bond motifs is 1. The van der Waals surface area contributed by atoms with Crippen LogP contribution >= 0.6 is 0 Å². The van der Waals surface area contributed by atoms with Gasteiger partial charge >= 0.3 is 5.97 Å². The van der Waals surface area contributed by atoms with Crippen LogP contribution in [-0.4, -0.2) is 29.4 Å². The Bertz CT molecular complexity index is 750. The van der Waals surface area contributed by atoms with E-state index in [2.05, 4.69) is 0 Å². The van der Waals surface area contributed by atoms with E-state index in [1.54, 1.807) is 42.5 Å². The van der Waals surface area contributed by atoms with Gasteiger partial charge in [-0.25, -0.2) is 9.69 Å². The summed E-state index contributed by atoms with van der Waals surface area (Å²) < 4.78 is 5.03. The molecule has 0 radical (unpaired) electrons. The number of amides is 2. The van der Waals surface area contributed by atoms with Crippen LogP contribution in [0.1, 0.15) is 31.1 Å². The van der Waals surface area contributed by atoms with Crippen LogP contribution in [0.15, 0.2) is 48.5 Å². The summed E-state index contributed by atoms with van der Waals surface area (Å²) in [5.41, 5.74) is 6.76. The van der Waals surface area contributed by atoms with Crippen LogP contribution in [0.5, 0.6) is 0 Å². The molecule has 0 unspecified atom stereocenters. The van der Waals surface area contributed by atoms with Gasteiger partial charge in [0.2, 0.25) is 0 Å². The van der Waals surface area contributed by atoms with Gasteiger partial charge in [0.15, 0.2) is 6.73 Å². The van der Waals surface area contributed by atoms with E-state index >= 15 is 0 Å². The topological polar surface area (TPSA) is 89.7 Å². The summed E-state index contributed by atoms with van der Waals surface area (Å²) in [6.07, 6.45) is 0. The Labute approximate surface area is 126 Å². The van der Waals surface area contributed by atoms with Crippen molar-refractivity contribution in [3.8, 4) is 0 Å². The van der Waals surface area contributed by atoms with E-state index in [4.69, 9.17) is 10.5 Å². The second-order valence-electron chi connectivity index (χ2n) is 4.73. The number of rotatable bonds is 3. The fourth-order valence-corrected chi connectivity index (χ4v) is 2.24. The minimum absolute atomic E-state index is 0.194. The van der Waals surface area contributed by atoms with Crippen molar-refractivity contribution < 1.29 is 19.1 Å². The van der Waals surface area contributed by atoms with Crippen molar-refractivity contribution in [3.05, 3.63) is 65.2 Å². The van der Waals surface area contributed by atoms with E-state index in [1.807, 2.05) is 0 Å². The van der Waals surface area contributed by atoms with Gasteiger partial charge in [-0.1, -0.05) is 24.3 Å². The molecule has 22 heavy (non-hydrogen) atoms. The van der Waals surface area contributed by atoms with E-state index in [0.717, 1.165) is 4.90 Å². The highest BCUT2D eigenvalue weighted by Crippen LogP contribution is 2.22. The number of ether oxygens (including phenoxy) is 1. The molecule has 1 aliphatic heterocycles. The number of imide groups is 1. The molecule has 0 spiro atoms. The number of para-hydroxylation sites is 1. The highest BCUT2D eigenvalue weighted by molar-refractivity contribution is 6.21. The van der Waals surface area contributed by atoms with E-state index in [0.29, 0.717) is 11.1 Å². The van der Waals surface area contributed by atoms with Crippen LogP contribution in [0, 0.1) is 0 Å².